The van der Waals surface area contributed by atoms with Crippen molar-refractivity contribution >= 4 is 35.0 Å². The molecule has 2 aromatic carbocycles. The summed E-state index contributed by atoms with van der Waals surface area (Å²) in [5.41, 5.74) is 2.00. The molecule has 0 aliphatic carbocycles. The second-order valence-corrected chi connectivity index (χ2v) is 10.8. The summed E-state index contributed by atoms with van der Waals surface area (Å²) >= 11 is 7.52. The smallest absolute Gasteiger partial charge is 0.338 e. The number of aromatic nitrogens is 1. The number of ether oxygens (including phenoxy) is 3. The average Bonchev–Trinajstić information content (AvgIpc) is 3.14. The molecule has 0 saturated heterocycles. The number of nitrogens with zero attached hydrogens (tertiary/aromatic N) is 2. The van der Waals surface area contributed by atoms with E-state index in [0.717, 1.165) is 5.56 Å². The van der Waals surface area contributed by atoms with E-state index < -0.39 is 12.0 Å². The van der Waals surface area contributed by atoms with E-state index in [-0.39, 0.29) is 17.8 Å². The highest BCUT2D eigenvalue weighted by atomic mass is 35.5. The lowest BCUT2D eigenvalue weighted by Gasteiger charge is -2.25. The van der Waals surface area contributed by atoms with E-state index in [9.17, 15) is 9.59 Å². The van der Waals surface area contributed by atoms with Crippen molar-refractivity contribution in [3.63, 3.8) is 0 Å². The van der Waals surface area contributed by atoms with Crippen molar-refractivity contribution in [2.24, 2.45) is 4.99 Å². The van der Waals surface area contributed by atoms with Crippen molar-refractivity contribution in [3.8, 4) is 11.5 Å². The Morgan fingerprint density at radius 3 is 2.47 bits per heavy atom. The molecule has 1 aliphatic heterocycles. The zero-order valence-corrected chi connectivity index (χ0v) is 23.9. The lowest BCUT2D eigenvalue weighted by Crippen LogP contribution is -2.40. The molecule has 4 rings (SSSR count). The summed E-state index contributed by atoms with van der Waals surface area (Å²) in [4.78, 5) is 32.3. The molecule has 2 heterocycles. The summed E-state index contributed by atoms with van der Waals surface area (Å²) < 4.78 is 19.1. The third-order valence-electron chi connectivity index (χ3n) is 5.71. The number of carbonyl (C=O) groups is 1. The first-order chi connectivity index (χ1) is 18.1. The first-order valence-corrected chi connectivity index (χ1v) is 13.7. The molecule has 1 aliphatic rings. The molecule has 38 heavy (non-hydrogen) atoms. The van der Waals surface area contributed by atoms with Crippen LogP contribution < -0.4 is 24.4 Å². The van der Waals surface area contributed by atoms with Gasteiger partial charge in [-0.3, -0.25) is 9.36 Å². The Balaban J connectivity index is 1.92. The maximum atomic E-state index is 13.9. The molecule has 0 saturated carbocycles. The zero-order valence-electron chi connectivity index (χ0n) is 22.3. The molecule has 3 aromatic rings. The highest BCUT2D eigenvalue weighted by Crippen LogP contribution is 2.32. The topological polar surface area (TPSA) is 79.1 Å². The van der Waals surface area contributed by atoms with Crippen molar-refractivity contribution < 1.29 is 19.0 Å². The number of fused-ring (bicyclic) bond motifs is 1. The van der Waals surface area contributed by atoms with E-state index in [4.69, 9.17) is 25.8 Å². The number of halogens is 1. The minimum Gasteiger partial charge on any atom is -0.494 e. The van der Waals surface area contributed by atoms with Crippen LogP contribution in [-0.2, 0) is 9.53 Å². The predicted octanol–water partition coefficient (Wildman–Crippen LogP) is 5.03. The third-order valence-corrected chi connectivity index (χ3v) is 6.93. The number of hydrogen-bond donors (Lipinski definition) is 0. The molecule has 0 amide bonds. The van der Waals surface area contributed by atoms with Crippen LogP contribution in [0.1, 0.15) is 58.7 Å². The molecule has 1 atom stereocenters. The van der Waals surface area contributed by atoms with Crippen LogP contribution in [0.15, 0.2) is 63.5 Å². The van der Waals surface area contributed by atoms with Crippen LogP contribution in [0, 0.1) is 0 Å². The summed E-state index contributed by atoms with van der Waals surface area (Å²) in [6.07, 6.45) is 1.38. The van der Waals surface area contributed by atoms with Crippen LogP contribution in [0.3, 0.4) is 0 Å². The Labute approximate surface area is 230 Å². The Hall–Kier alpha value is -3.36. The van der Waals surface area contributed by atoms with E-state index in [1.807, 2.05) is 45.0 Å². The molecule has 200 valence electrons. The first kappa shape index (κ1) is 27.7. The quantitative estimate of drug-likeness (QED) is 0.365. The van der Waals surface area contributed by atoms with Gasteiger partial charge in [0.25, 0.3) is 5.56 Å². The molecule has 0 N–H and O–H groups in total. The molecule has 0 spiro atoms. The number of hydrogen-bond acceptors (Lipinski definition) is 7. The molecule has 0 fully saturated rings. The van der Waals surface area contributed by atoms with Gasteiger partial charge in [-0.05, 0) is 83.5 Å². The summed E-state index contributed by atoms with van der Waals surface area (Å²) in [7, 11) is 0. The summed E-state index contributed by atoms with van der Waals surface area (Å²) in [6, 6.07) is 12.0. The Kier molecular flexibility index (Phi) is 8.43. The van der Waals surface area contributed by atoms with Crippen LogP contribution in [-0.4, -0.2) is 29.4 Å². The van der Waals surface area contributed by atoms with E-state index in [2.05, 4.69) is 4.99 Å². The minimum atomic E-state index is -0.707. The maximum Gasteiger partial charge on any atom is 0.338 e. The van der Waals surface area contributed by atoms with Crippen LogP contribution >= 0.6 is 22.9 Å². The Bertz CT molecular complexity index is 1550. The highest BCUT2D eigenvalue weighted by molar-refractivity contribution is 7.07. The van der Waals surface area contributed by atoms with Gasteiger partial charge in [0.15, 0.2) is 4.80 Å². The van der Waals surface area contributed by atoms with Gasteiger partial charge in [-0.15, -0.1) is 0 Å². The van der Waals surface area contributed by atoms with Crippen LogP contribution in [0.4, 0.5) is 0 Å². The van der Waals surface area contributed by atoms with Crippen LogP contribution in [0.2, 0.25) is 5.02 Å². The van der Waals surface area contributed by atoms with Gasteiger partial charge in [-0.25, -0.2) is 9.79 Å². The fraction of sp³-hybridized carbons (Fsp3) is 0.345. The molecule has 9 heteroatoms. The maximum absolute atomic E-state index is 13.9. The number of allylic oxidation sites excluding steroid dienone is 1. The largest absolute Gasteiger partial charge is 0.494 e. The molecule has 0 unspecified atom stereocenters. The van der Waals surface area contributed by atoms with Crippen molar-refractivity contribution in [1.29, 1.82) is 0 Å². The third kappa shape index (κ3) is 5.87. The monoisotopic (exact) mass is 554 g/mol. The predicted molar refractivity (Wildman–Crippen MR) is 150 cm³/mol. The van der Waals surface area contributed by atoms with E-state index in [1.165, 1.54) is 11.3 Å². The second-order valence-electron chi connectivity index (χ2n) is 9.39. The average molecular weight is 555 g/mol. The standard InChI is InChI=1S/C29H31ClN2O5S/c1-7-35-22-11-8-19(9-12-22)26-25(28(34)37-17(4)5)18(6)31-29-32(26)27(33)24(38-29)15-20-14-21(30)10-13-23(20)36-16(2)3/h8-17,26H,7H2,1-6H3/b24-15-/t26-/m1/s1. The number of thiazole rings is 1. The van der Waals surface area contributed by atoms with Crippen molar-refractivity contribution in [3.05, 3.63) is 89.6 Å². The zero-order chi connectivity index (χ0) is 27.6. The lowest BCUT2D eigenvalue weighted by atomic mass is 9.96. The van der Waals surface area contributed by atoms with E-state index in [1.54, 1.807) is 49.6 Å². The minimum absolute atomic E-state index is 0.0543. The van der Waals surface area contributed by atoms with Gasteiger partial charge in [0.05, 0.1) is 40.7 Å². The van der Waals surface area contributed by atoms with Gasteiger partial charge in [0, 0.05) is 10.6 Å². The number of rotatable bonds is 8. The summed E-state index contributed by atoms with van der Waals surface area (Å²) in [5.74, 6) is 0.821. The van der Waals surface area contributed by atoms with Crippen LogP contribution in [0.25, 0.3) is 6.08 Å². The lowest BCUT2D eigenvalue weighted by molar-refractivity contribution is -0.143. The SMILES string of the molecule is CCOc1ccc([C@@H]2C(C(=O)OC(C)C)=C(C)N=c3s/c(=C\c4cc(Cl)ccc4OC(C)C)c(=O)n32)cc1. The van der Waals surface area contributed by atoms with Gasteiger partial charge < -0.3 is 14.2 Å². The Morgan fingerprint density at radius 2 is 1.84 bits per heavy atom. The van der Waals surface area contributed by atoms with Gasteiger partial charge in [-0.2, -0.15) is 0 Å². The van der Waals surface area contributed by atoms with Crippen molar-refractivity contribution in [1.82, 2.24) is 4.57 Å². The fourth-order valence-corrected chi connectivity index (χ4v) is 5.44. The van der Waals surface area contributed by atoms with E-state index in [0.29, 0.717) is 49.3 Å². The van der Waals surface area contributed by atoms with Gasteiger partial charge in [0.1, 0.15) is 11.5 Å². The van der Waals surface area contributed by atoms with Gasteiger partial charge in [0.2, 0.25) is 0 Å². The fourth-order valence-electron chi connectivity index (χ4n) is 4.22. The molecule has 0 radical (unpaired) electrons. The summed E-state index contributed by atoms with van der Waals surface area (Å²) in [5, 5.41) is 0.530. The number of benzene rings is 2. The molecular weight excluding hydrogens is 524 g/mol. The molecule has 7 nitrogen and oxygen atoms in total. The second kappa shape index (κ2) is 11.6. The summed E-state index contributed by atoms with van der Waals surface area (Å²) in [6.45, 7) is 11.7. The van der Waals surface area contributed by atoms with Crippen molar-refractivity contribution in [2.75, 3.05) is 6.61 Å². The first-order valence-electron chi connectivity index (χ1n) is 12.5. The van der Waals surface area contributed by atoms with Gasteiger partial charge >= 0.3 is 5.97 Å². The van der Waals surface area contributed by atoms with Gasteiger partial charge in [-0.1, -0.05) is 35.1 Å². The molecular formula is C29H31ClN2O5S. The van der Waals surface area contributed by atoms with Crippen LogP contribution in [0.5, 0.6) is 11.5 Å². The molecule has 1 aromatic heterocycles. The van der Waals surface area contributed by atoms with Crippen molar-refractivity contribution in [2.45, 2.75) is 59.8 Å². The Morgan fingerprint density at radius 1 is 1.13 bits per heavy atom. The van der Waals surface area contributed by atoms with E-state index >= 15 is 0 Å². The normalized spacial score (nSPS) is 15.5. The number of esters is 1. The highest BCUT2D eigenvalue weighted by Gasteiger charge is 2.33. The molecule has 0 bridgehead atoms. The number of carbonyl (C=O) groups excluding carboxylic acids is 1.